The van der Waals surface area contributed by atoms with Gasteiger partial charge in [-0.1, -0.05) is 12.8 Å². The van der Waals surface area contributed by atoms with Crippen molar-refractivity contribution in [3.8, 4) is 33.2 Å². The van der Waals surface area contributed by atoms with Crippen molar-refractivity contribution in [1.82, 2.24) is 35.8 Å². The van der Waals surface area contributed by atoms with Gasteiger partial charge in [-0.3, -0.25) is 15.1 Å². The lowest BCUT2D eigenvalue weighted by atomic mass is 10.0. The number of thiazole rings is 1. The van der Waals surface area contributed by atoms with Crippen molar-refractivity contribution in [2.75, 3.05) is 11.9 Å². The van der Waals surface area contributed by atoms with Crippen molar-refractivity contribution in [3.63, 3.8) is 0 Å². The van der Waals surface area contributed by atoms with Crippen LogP contribution in [0.3, 0.4) is 0 Å². The monoisotopic (exact) mass is 532 g/mol. The Balaban J connectivity index is 1.54. The molecule has 12 heteroatoms. The Morgan fingerprint density at radius 3 is 2.58 bits per heavy atom. The van der Waals surface area contributed by atoms with Crippen LogP contribution in [0.2, 0.25) is 0 Å². The predicted octanol–water partition coefficient (Wildman–Crippen LogP) is 4.75. The first kappa shape index (κ1) is 25.5. The summed E-state index contributed by atoms with van der Waals surface area (Å²) >= 11 is 1.31. The van der Waals surface area contributed by atoms with Crippen LogP contribution in [0, 0.1) is 13.8 Å². The second-order valence-electron chi connectivity index (χ2n) is 9.08. The van der Waals surface area contributed by atoms with E-state index >= 15 is 0 Å². The Morgan fingerprint density at radius 1 is 1.05 bits per heavy atom. The van der Waals surface area contributed by atoms with E-state index in [0.717, 1.165) is 36.8 Å². The highest BCUT2D eigenvalue weighted by Crippen LogP contribution is 2.37. The fourth-order valence-electron chi connectivity index (χ4n) is 4.41. The second kappa shape index (κ2) is 11.1. The van der Waals surface area contributed by atoms with Crippen molar-refractivity contribution in [3.05, 3.63) is 47.2 Å². The summed E-state index contributed by atoms with van der Waals surface area (Å²) < 4.78 is 5.57. The number of nitrogens with one attached hydrogen (secondary N) is 3. The van der Waals surface area contributed by atoms with Gasteiger partial charge < -0.3 is 15.1 Å². The number of hydrogen-bond acceptors (Lipinski definition) is 9. The van der Waals surface area contributed by atoms with Crippen molar-refractivity contribution < 1.29 is 14.0 Å². The lowest BCUT2D eigenvalue weighted by Crippen LogP contribution is -2.32. The van der Waals surface area contributed by atoms with Gasteiger partial charge in [0, 0.05) is 54.8 Å². The number of carbonyl (C=O) groups is 2. The molecule has 4 aromatic heterocycles. The van der Waals surface area contributed by atoms with Crippen molar-refractivity contribution in [1.29, 1.82) is 0 Å². The fraction of sp³-hybridized carbons (Fsp3) is 0.346. The molecule has 5 rings (SSSR count). The first-order valence-corrected chi connectivity index (χ1v) is 13.3. The van der Waals surface area contributed by atoms with Gasteiger partial charge >= 0.3 is 6.03 Å². The zero-order chi connectivity index (χ0) is 26.6. The van der Waals surface area contributed by atoms with Crippen LogP contribution in [0.4, 0.5) is 10.6 Å². The molecule has 0 aromatic carbocycles. The number of nitrogens with zero attached hydrogens (tertiary/aromatic N) is 5. The number of aryl methyl sites for hydroxylation is 2. The van der Waals surface area contributed by atoms with Gasteiger partial charge in [0.2, 0.25) is 11.8 Å². The van der Waals surface area contributed by atoms with E-state index < -0.39 is 0 Å². The molecule has 1 saturated carbocycles. The minimum atomic E-state index is -0.360. The van der Waals surface area contributed by atoms with E-state index in [9.17, 15) is 9.59 Å². The first-order valence-electron chi connectivity index (χ1n) is 12.5. The van der Waals surface area contributed by atoms with E-state index in [-0.39, 0.29) is 18.0 Å². The number of urea groups is 1. The van der Waals surface area contributed by atoms with Crippen LogP contribution in [0.5, 0.6) is 0 Å². The summed E-state index contributed by atoms with van der Waals surface area (Å²) in [6.07, 6.45) is 9.29. The summed E-state index contributed by atoms with van der Waals surface area (Å²) in [6.45, 7) is 5.87. The molecule has 0 atom stereocenters. The summed E-state index contributed by atoms with van der Waals surface area (Å²) in [4.78, 5) is 39.4. The van der Waals surface area contributed by atoms with Gasteiger partial charge in [0.15, 0.2) is 0 Å². The molecule has 4 aromatic rings. The largest absolute Gasteiger partial charge is 0.421 e. The highest BCUT2D eigenvalue weighted by molar-refractivity contribution is 7.17. The van der Waals surface area contributed by atoms with Gasteiger partial charge in [-0.25, -0.2) is 14.8 Å². The molecular weight excluding hydrogens is 504 g/mol. The summed E-state index contributed by atoms with van der Waals surface area (Å²) in [5, 5.41) is 17.2. The minimum Gasteiger partial charge on any atom is -0.421 e. The number of hydrogen-bond donors (Lipinski definition) is 3. The van der Waals surface area contributed by atoms with E-state index in [0.29, 0.717) is 50.8 Å². The lowest BCUT2D eigenvalue weighted by molar-refractivity contribution is 0.0941. The Kier molecular flexibility index (Phi) is 7.40. The topological polar surface area (TPSA) is 148 Å². The average Bonchev–Trinajstić information content (AvgIpc) is 3.66. The molecule has 3 amide bonds. The van der Waals surface area contributed by atoms with Crippen LogP contribution in [0.15, 0.2) is 35.1 Å². The number of rotatable bonds is 7. The van der Waals surface area contributed by atoms with E-state index in [1.165, 1.54) is 11.3 Å². The molecule has 1 aliphatic carbocycles. The van der Waals surface area contributed by atoms with Gasteiger partial charge in [0.05, 0.1) is 11.3 Å². The van der Waals surface area contributed by atoms with Gasteiger partial charge in [-0.05, 0) is 38.8 Å². The van der Waals surface area contributed by atoms with Crippen molar-refractivity contribution >= 4 is 29.1 Å². The number of pyridine rings is 2. The van der Waals surface area contributed by atoms with Gasteiger partial charge in [-0.15, -0.1) is 21.5 Å². The van der Waals surface area contributed by atoms with Crippen LogP contribution < -0.4 is 16.0 Å². The van der Waals surface area contributed by atoms with Crippen LogP contribution >= 0.6 is 11.3 Å². The summed E-state index contributed by atoms with van der Waals surface area (Å²) in [5.41, 5.74) is 3.49. The molecule has 38 heavy (non-hydrogen) atoms. The summed E-state index contributed by atoms with van der Waals surface area (Å²) in [7, 11) is 0. The Hall–Kier alpha value is -4.19. The third kappa shape index (κ3) is 5.54. The number of amides is 3. The Labute approximate surface area is 223 Å². The quantitative estimate of drug-likeness (QED) is 0.309. The van der Waals surface area contributed by atoms with Gasteiger partial charge in [0.25, 0.3) is 5.91 Å². The second-order valence-corrected chi connectivity index (χ2v) is 10.1. The molecule has 3 N–H and O–H groups in total. The highest BCUT2D eigenvalue weighted by atomic mass is 32.1. The van der Waals surface area contributed by atoms with E-state index in [1.807, 2.05) is 19.9 Å². The van der Waals surface area contributed by atoms with Crippen molar-refractivity contribution in [2.24, 2.45) is 0 Å². The average molecular weight is 533 g/mol. The molecule has 0 saturated heterocycles. The lowest BCUT2D eigenvalue weighted by Gasteiger charge is -2.11. The minimum absolute atomic E-state index is 0.107. The third-order valence-electron chi connectivity index (χ3n) is 6.23. The summed E-state index contributed by atoms with van der Waals surface area (Å²) in [6, 6.07) is 3.48. The van der Waals surface area contributed by atoms with E-state index in [1.54, 1.807) is 31.6 Å². The highest BCUT2D eigenvalue weighted by Gasteiger charge is 2.23. The standard InChI is InChI=1S/C26H28N8O3S/c1-4-28-26(36)32-21-10-19(25-30-14(2)22(38-25)23(35)31-18-7-5-6-8-18)20(13-29-21)16-9-17(12-27-11-16)24-34-33-15(3)37-24/h9-13,18H,4-8H2,1-3H3,(H,31,35)(H2,28,29,32,36). The van der Waals surface area contributed by atoms with Crippen molar-refractivity contribution in [2.45, 2.75) is 52.5 Å². The third-order valence-corrected chi connectivity index (χ3v) is 7.42. The maximum absolute atomic E-state index is 13.1. The first-order chi connectivity index (χ1) is 18.4. The van der Waals surface area contributed by atoms with Crippen LogP contribution in [-0.4, -0.2) is 49.7 Å². The zero-order valence-corrected chi connectivity index (χ0v) is 22.2. The number of carbonyl (C=O) groups excluding carboxylic acids is 2. The molecule has 0 bridgehead atoms. The van der Waals surface area contributed by atoms with E-state index in [2.05, 4.69) is 36.1 Å². The zero-order valence-electron chi connectivity index (χ0n) is 21.4. The molecule has 11 nitrogen and oxygen atoms in total. The molecule has 0 aliphatic heterocycles. The number of aromatic nitrogens is 5. The maximum atomic E-state index is 13.1. The van der Waals surface area contributed by atoms with Gasteiger partial charge in [0.1, 0.15) is 15.7 Å². The Morgan fingerprint density at radius 2 is 1.84 bits per heavy atom. The normalized spacial score (nSPS) is 13.4. The molecule has 1 fully saturated rings. The molecular formula is C26H28N8O3S. The fourth-order valence-corrected chi connectivity index (χ4v) is 5.41. The molecule has 0 unspecified atom stereocenters. The van der Waals surface area contributed by atoms with E-state index in [4.69, 9.17) is 9.40 Å². The van der Waals surface area contributed by atoms with Crippen LogP contribution in [0.25, 0.3) is 33.2 Å². The maximum Gasteiger partial charge on any atom is 0.320 e. The number of anilines is 1. The smallest absolute Gasteiger partial charge is 0.320 e. The SMILES string of the molecule is CCNC(=O)Nc1cc(-c2nc(C)c(C(=O)NC3CCCC3)s2)c(-c2cncc(-c3nnc(C)o3)c2)cn1. The molecule has 1 aliphatic rings. The Bertz CT molecular complexity index is 1470. The molecule has 0 spiro atoms. The van der Waals surface area contributed by atoms with Crippen LogP contribution in [-0.2, 0) is 0 Å². The molecule has 4 heterocycles. The van der Waals surface area contributed by atoms with Gasteiger partial charge in [-0.2, -0.15) is 0 Å². The molecule has 196 valence electrons. The molecule has 0 radical (unpaired) electrons. The summed E-state index contributed by atoms with van der Waals surface area (Å²) in [5.74, 6) is 1.06. The van der Waals surface area contributed by atoms with Crippen LogP contribution in [0.1, 0.15) is 53.9 Å². The predicted molar refractivity (Wildman–Crippen MR) is 144 cm³/mol.